The van der Waals surface area contributed by atoms with Gasteiger partial charge < -0.3 is 4.74 Å². The third kappa shape index (κ3) is 3.86. The first kappa shape index (κ1) is 17.9. The van der Waals surface area contributed by atoms with E-state index in [2.05, 4.69) is 16.2 Å². The number of nitrogens with one attached hydrogen (secondary N) is 3. The standard InChI is InChI=1S/C20H23N3O3/c1-12-11-13(21-19(25)26-20(2,3)4)9-10-14(12)17-15-7-5-6-8-16(15)18(24)23-22-17/h5-11,17,22H,1-4H3,(H,21,25)(H,23,24). The molecular weight excluding hydrogens is 330 g/mol. The fourth-order valence-electron chi connectivity index (χ4n) is 2.98. The van der Waals surface area contributed by atoms with Gasteiger partial charge in [-0.3, -0.25) is 15.5 Å². The molecule has 0 saturated carbocycles. The molecule has 1 atom stereocenters. The maximum atomic E-state index is 12.0. The number of hydrogen-bond donors (Lipinski definition) is 3. The fraction of sp³-hybridized carbons (Fsp3) is 0.300. The lowest BCUT2D eigenvalue weighted by molar-refractivity contribution is 0.0635. The topological polar surface area (TPSA) is 79.5 Å². The molecule has 0 bridgehead atoms. The van der Waals surface area contributed by atoms with Crippen molar-refractivity contribution in [1.82, 2.24) is 10.9 Å². The summed E-state index contributed by atoms with van der Waals surface area (Å²) in [4.78, 5) is 23.9. The highest BCUT2D eigenvalue weighted by molar-refractivity contribution is 5.96. The molecule has 2 aromatic carbocycles. The Morgan fingerprint density at radius 1 is 1.12 bits per heavy atom. The number of carbonyl (C=O) groups excluding carboxylic acids is 2. The minimum absolute atomic E-state index is 0.141. The predicted octanol–water partition coefficient (Wildman–Crippen LogP) is 3.68. The van der Waals surface area contributed by atoms with Gasteiger partial charge in [0.15, 0.2) is 0 Å². The number of anilines is 1. The van der Waals surface area contributed by atoms with Crippen molar-refractivity contribution >= 4 is 17.7 Å². The molecule has 0 spiro atoms. The van der Waals surface area contributed by atoms with E-state index >= 15 is 0 Å². The molecule has 0 radical (unpaired) electrons. The summed E-state index contributed by atoms with van der Waals surface area (Å²) >= 11 is 0. The van der Waals surface area contributed by atoms with Crippen molar-refractivity contribution in [1.29, 1.82) is 0 Å². The molecule has 6 heteroatoms. The second-order valence-electron chi connectivity index (χ2n) is 7.32. The van der Waals surface area contributed by atoms with Gasteiger partial charge >= 0.3 is 6.09 Å². The van der Waals surface area contributed by atoms with Crippen LogP contribution in [0.2, 0.25) is 0 Å². The van der Waals surface area contributed by atoms with Crippen LogP contribution in [0.1, 0.15) is 53.9 Å². The maximum Gasteiger partial charge on any atom is 0.412 e. The van der Waals surface area contributed by atoms with Gasteiger partial charge in [0.05, 0.1) is 6.04 Å². The van der Waals surface area contributed by atoms with E-state index in [-0.39, 0.29) is 11.9 Å². The number of hydrogen-bond acceptors (Lipinski definition) is 4. The molecule has 2 amide bonds. The number of rotatable bonds is 2. The summed E-state index contributed by atoms with van der Waals surface area (Å²) in [5, 5.41) is 2.74. The van der Waals surface area contributed by atoms with Crippen LogP contribution in [0.4, 0.5) is 10.5 Å². The Morgan fingerprint density at radius 3 is 2.54 bits per heavy atom. The Balaban J connectivity index is 1.84. The van der Waals surface area contributed by atoms with Crippen molar-refractivity contribution in [3.8, 4) is 0 Å². The lowest BCUT2D eigenvalue weighted by Gasteiger charge is -2.28. The van der Waals surface area contributed by atoms with Gasteiger partial charge in [0, 0.05) is 11.3 Å². The molecule has 0 aromatic heterocycles. The van der Waals surface area contributed by atoms with Crippen LogP contribution in [0.25, 0.3) is 0 Å². The van der Waals surface area contributed by atoms with Crippen LogP contribution in [0, 0.1) is 6.92 Å². The quantitative estimate of drug-likeness (QED) is 0.769. The van der Waals surface area contributed by atoms with Crippen LogP contribution >= 0.6 is 0 Å². The van der Waals surface area contributed by atoms with E-state index in [0.29, 0.717) is 11.3 Å². The molecule has 0 saturated heterocycles. The molecule has 3 rings (SSSR count). The van der Waals surface area contributed by atoms with Crippen molar-refractivity contribution in [3.63, 3.8) is 0 Å². The van der Waals surface area contributed by atoms with Crippen LogP contribution in [-0.4, -0.2) is 17.6 Å². The van der Waals surface area contributed by atoms with Crippen LogP contribution in [0.15, 0.2) is 42.5 Å². The van der Waals surface area contributed by atoms with Crippen molar-refractivity contribution in [2.75, 3.05) is 5.32 Å². The Morgan fingerprint density at radius 2 is 1.85 bits per heavy atom. The van der Waals surface area contributed by atoms with Crippen LogP contribution in [0.5, 0.6) is 0 Å². The molecular formula is C20H23N3O3. The molecule has 26 heavy (non-hydrogen) atoms. The zero-order valence-electron chi connectivity index (χ0n) is 15.3. The first-order valence-electron chi connectivity index (χ1n) is 8.50. The van der Waals surface area contributed by atoms with Gasteiger partial charge in [0.1, 0.15) is 5.60 Å². The number of ether oxygens (including phenoxy) is 1. The van der Waals surface area contributed by atoms with Gasteiger partial charge in [-0.2, -0.15) is 0 Å². The molecule has 136 valence electrons. The van der Waals surface area contributed by atoms with Crippen molar-refractivity contribution < 1.29 is 14.3 Å². The van der Waals surface area contributed by atoms with Crippen molar-refractivity contribution in [2.24, 2.45) is 0 Å². The largest absolute Gasteiger partial charge is 0.444 e. The molecule has 1 aliphatic heterocycles. The smallest absolute Gasteiger partial charge is 0.412 e. The Bertz CT molecular complexity index is 856. The second-order valence-corrected chi connectivity index (χ2v) is 7.32. The molecule has 2 aromatic rings. The summed E-state index contributed by atoms with van der Waals surface area (Å²) in [6.45, 7) is 7.43. The average Bonchev–Trinajstić information content (AvgIpc) is 2.54. The number of fused-ring (bicyclic) bond motifs is 1. The zero-order valence-corrected chi connectivity index (χ0v) is 15.3. The highest BCUT2D eigenvalue weighted by atomic mass is 16.6. The second kappa shape index (κ2) is 6.80. The number of hydrazine groups is 1. The van der Waals surface area contributed by atoms with Gasteiger partial charge in [-0.15, -0.1) is 0 Å². The van der Waals surface area contributed by atoms with Crippen LogP contribution in [-0.2, 0) is 4.74 Å². The van der Waals surface area contributed by atoms with Crippen molar-refractivity contribution in [2.45, 2.75) is 39.3 Å². The molecule has 0 aliphatic carbocycles. The Kier molecular flexibility index (Phi) is 4.70. The van der Waals surface area contributed by atoms with Crippen molar-refractivity contribution in [3.05, 3.63) is 64.7 Å². The first-order chi connectivity index (χ1) is 12.2. The van der Waals surface area contributed by atoms with Gasteiger partial charge in [0.2, 0.25) is 0 Å². The summed E-state index contributed by atoms with van der Waals surface area (Å²) < 4.78 is 5.28. The monoisotopic (exact) mass is 353 g/mol. The van der Waals surface area contributed by atoms with E-state index < -0.39 is 11.7 Å². The van der Waals surface area contributed by atoms with E-state index in [9.17, 15) is 9.59 Å². The number of aryl methyl sites for hydroxylation is 1. The Hall–Kier alpha value is -2.86. The number of carbonyl (C=O) groups is 2. The van der Waals surface area contributed by atoms with Gasteiger partial charge in [-0.1, -0.05) is 24.3 Å². The molecule has 1 aliphatic rings. The maximum absolute atomic E-state index is 12.0. The summed E-state index contributed by atoms with van der Waals surface area (Å²) in [5.74, 6) is -0.141. The number of benzene rings is 2. The zero-order chi connectivity index (χ0) is 18.9. The van der Waals surface area contributed by atoms with E-state index in [4.69, 9.17) is 4.74 Å². The normalized spacial score (nSPS) is 16.5. The van der Waals surface area contributed by atoms with Gasteiger partial charge in [0.25, 0.3) is 5.91 Å². The Labute approximate surface area is 152 Å². The van der Waals surface area contributed by atoms with Gasteiger partial charge in [-0.25, -0.2) is 10.2 Å². The molecule has 1 unspecified atom stereocenters. The lowest BCUT2D eigenvalue weighted by atomic mass is 9.90. The molecule has 1 heterocycles. The average molecular weight is 353 g/mol. The van der Waals surface area contributed by atoms with Crippen LogP contribution < -0.4 is 16.2 Å². The van der Waals surface area contributed by atoms with E-state index in [1.165, 1.54) is 0 Å². The number of amides is 2. The third-order valence-electron chi connectivity index (χ3n) is 4.07. The lowest BCUT2D eigenvalue weighted by Crippen LogP contribution is -2.45. The summed E-state index contributed by atoms with van der Waals surface area (Å²) in [7, 11) is 0. The predicted molar refractivity (Wildman–Crippen MR) is 99.9 cm³/mol. The molecule has 6 nitrogen and oxygen atoms in total. The molecule has 0 fully saturated rings. The van der Waals surface area contributed by atoms with Crippen LogP contribution in [0.3, 0.4) is 0 Å². The first-order valence-corrected chi connectivity index (χ1v) is 8.50. The summed E-state index contributed by atoms with van der Waals surface area (Å²) in [6.07, 6.45) is -0.488. The highest BCUT2D eigenvalue weighted by Gasteiger charge is 2.26. The fourth-order valence-corrected chi connectivity index (χ4v) is 2.98. The minimum atomic E-state index is -0.549. The molecule has 3 N–H and O–H groups in total. The van der Waals surface area contributed by atoms with Gasteiger partial charge in [-0.05, 0) is 62.6 Å². The van der Waals surface area contributed by atoms with E-state index in [1.54, 1.807) is 0 Å². The highest BCUT2D eigenvalue weighted by Crippen LogP contribution is 2.30. The third-order valence-corrected chi connectivity index (χ3v) is 4.07. The summed E-state index contributed by atoms with van der Waals surface area (Å²) in [5.41, 5.74) is 9.47. The van der Waals surface area contributed by atoms with E-state index in [0.717, 1.165) is 16.7 Å². The van der Waals surface area contributed by atoms with E-state index in [1.807, 2.05) is 70.2 Å². The minimum Gasteiger partial charge on any atom is -0.444 e. The SMILES string of the molecule is Cc1cc(NC(=O)OC(C)(C)C)ccc1C1NNC(=O)c2ccccc21. The summed E-state index contributed by atoms with van der Waals surface area (Å²) in [6, 6.07) is 13.0.